The summed E-state index contributed by atoms with van der Waals surface area (Å²) in [5, 5.41) is 8.39. The molecule has 0 aliphatic heterocycles. The summed E-state index contributed by atoms with van der Waals surface area (Å²) in [4.78, 5) is 10.2. The first-order valence-corrected chi connectivity index (χ1v) is 6.51. The third kappa shape index (κ3) is 3.39. The van der Waals surface area contributed by atoms with Crippen LogP contribution in [0.2, 0.25) is 0 Å². The van der Waals surface area contributed by atoms with Crippen LogP contribution in [0, 0.1) is 6.92 Å². The van der Waals surface area contributed by atoms with Crippen molar-refractivity contribution in [3.63, 3.8) is 0 Å². The van der Waals surface area contributed by atoms with E-state index in [0.717, 1.165) is 0 Å². The predicted octanol–water partition coefficient (Wildman–Crippen LogP) is 1.39. The molecule has 1 aromatic rings. The lowest BCUT2D eigenvalue weighted by Gasteiger charge is -2.06. The molecule has 0 aliphatic rings. The largest absolute Gasteiger partial charge is 0.482 e. The van der Waals surface area contributed by atoms with Gasteiger partial charge in [-0.05, 0) is 30.7 Å². The van der Waals surface area contributed by atoms with Gasteiger partial charge in [0.1, 0.15) is 5.75 Å². The van der Waals surface area contributed by atoms with Crippen molar-refractivity contribution in [1.82, 2.24) is 0 Å². The topological polar surface area (TPSA) is 80.7 Å². The molecule has 16 heavy (non-hydrogen) atoms. The van der Waals surface area contributed by atoms with E-state index < -0.39 is 21.6 Å². The van der Waals surface area contributed by atoms with Gasteiger partial charge < -0.3 is 9.84 Å². The summed E-state index contributed by atoms with van der Waals surface area (Å²) in [6.07, 6.45) is 0. The fourth-order valence-electron chi connectivity index (χ4n) is 1.13. The van der Waals surface area contributed by atoms with E-state index in [9.17, 15) is 13.2 Å². The molecule has 0 saturated heterocycles. The molecule has 5 nitrogen and oxygen atoms in total. The molecule has 0 unspecified atom stereocenters. The maximum Gasteiger partial charge on any atom is 0.341 e. The summed E-state index contributed by atoms with van der Waals surface area (Å²) in [5.74, 6) is -0.823. The maximum absolute atomic E-state index is 11.1. The number of aliphatic carboxylic acids is 1. The highest BCUT2D eigenvalue weighted by Gasteiger charge is 2.13. The van der Waals surface area contributed by atoms with E-state index in [4.69, 9.17) is 20.5 Å². The first kappa shape index (κ1) is 12.8. The van der Waals surface area contributed by atoms with Crippen molar-refractivity contribution in [3.05, 3.63) is 23.8 Å². The molecule has 0 heterocycles. The molecular formula is C9H9ClO5S. The second-order valence-electron chi connectivity index (χ2n) is 3.05. The van der Waals surface area contributed by atoms with Crippen LogP contribution in [0.15, 0.2) is 23.1 Å². The smallest absolute Gasteiger partial charge is 0.341 e. The van der Waals surface area contributed by atoms with Gasteiger partial charge in [-0.1, -0.05) is 0 Å². The molecule has 0 saturated carbocycles. The zero-order chi connectivity index (χ0) is 12.3. The molecule has 0 aromatic heterocycles. The van der Waals surface area contributed by atoms with E-state index >= 15 is 0 Å². The summed E-state index contributed by atoms with van der Waals surface area (Å²) in [6.45, 7) is 1.06. The van der Waals surface area contributed by atoms with Crippen LogP contribution in [-0.2, 0) is 13.8 Å². The van der Waals surface area contributed by atoms with Gasteiger partial charge in [-0.25, -0.2) is 13.2 Å². The number of carboxylic acid groups (broad SMARTS) is 1. The number of hydrogen-bond acceptors (Lipinski definition) is 4. The van der Waals surface area contributed by atoms with Gasteiger partial charge in [0, 0.05) is 10.7 Å². The van der Waals surface area contributed by atoms with Gasteiger partial charge in [-0.2, -0.15) is 0 Å². The number of carbonyl (C=O) groups is 1. The van der Waals surface area contributed by atoms with Gasteiger partial charge in [0.2, 0.25) is 0 Å². The Morgan fingerprint density at radius 3 is 2.56 bits per heavy atom. The van der Waals surface area contributed by atoms with Gasteiger partial charge in [0.25, 0.3) is 9.05 Å². The Kier molecular flexibility index (Phi) is 3.77. The number of aryl methyl sites for hydroxylation is 1. The molecule has 0 atom stereocenters. The average Bonchev–Trinajstić information content (AvgIpc) is 2.12. The predicted molar refractivity (Wildman–Crippen MR) is 57.3 cm³/mol. The fraction of sp³-hybridized carbons (Fsp3) is 0.222. The first-order valence-electron chi connectivity index (χ1n) is 4.20. The van der Waals surface area contributed by atoms with Crippen molar-refractivity contribution < 1.29 is 23.1 Å². The number of carboxylic acids is 1. The monoisotopic (exact) mass is 264 g/mol. The van der Waals surface area contributed by atoms with E-state index in [1.165, 1.54) is 18.2 Å². The highest BCUT2D eigenvalue weighted by atomic mass is 35.7. The van der Waals surface area contributed by atoms with Crippen LogP contribution in [0.25, 0.3) is 0 Å². The lowest BCUT2D eigenvalue weighted by molar-refractivity contribution is -0.139. The lowest BCUT2D eigenvalue weighted by atomic mass is 10.2. The van der Waals surface area contributed by atoms with Crippen molar-refractivity contribution in [2.45, 2.75) is 11.8 Å². The standard InChI is InChI=1S/C9H9ClO5S/c1-6-4-7(15-5-9(11)12)2-3-8(6)16(10,13)14/h2-4H,5H2,1H3,(H,11,12). The van der Waals surface area contributed by atoms with Crippen LogP contribution in [0.4, 0.5) is 0 Å². The Bertz CT molecular complexity index is 509. The van der Waals surface area contributed by atoms with Gasteiger partial charge in [-0.15, -0.1) is 0 Å². The number of ether oxygens (including phenoxy) is 1. The Morgan fingerprint density at radius 1 is 1.50 bits per heavy atom. The van der Waals surface area contributed by atoms with Crippen LogP contribution in [-0.4, -0.2) is 26.1 Å². The highest BCUT2D eigenvalue weighted by Crippen LogP contribution is 2.23. The first-order chi connectivity index (χ1) is 7.30. The third-order valence-corrected chi connectivity index (χ3v) is 3.25. The highest BCUT2D eigenvalue weighted by molar-refractivity contribution is 8.13. The van der Waals surface area contributed by atoms with Gasteiger partial charge >= 0.3 is 5.97 Å². The molecule has 0 spiro atoms. The minimum atomic E-state index is -3.78. The van der Waals surface area contributed by atoms with Crippen molar-refractivity contribution >= 4 is 25.7 Å². The van der Waals surface area contributed by atoms with E-state index in [-0.39, 0.29) is 10.6 Å². The van der Waals surface area contributed by atoms with E-state index in [0.29, 0.717) is 5.56 Å². The Hall–Kier alpha value is -1.27. The zero-order valence-corrected chi connectivity index (χ0v) is 9.88. The molecule has 7 heteroatoms. The Morgan fingerprint density at radius 2 is 2.12 bits per heavy atom. The van der Waals surface area contributed by atoms with Gasteiger partial charge in [0.15, 0.2) is 6.61 Å². The molecule has 0 amide bonds. The van der Waals surface area contributed by atoms with Gasteiger partial charge in [0.05, 0.1) is 4.90 Å². The second kappa shape index (κ2) is 4.71. The van der Waals surface area contributed by atoms with Gasteiger partial charge in [-0.3, -0.25) is 0 Å². The molecule has 0 aliphatic carbocycles. The lowest BCUT2D eigenvalue weighted by Crippen LogP contribution is -2.09. The minimum absolute atomic E-state index is 0.0168. The summed E-state index contributed by atoms with van der Waals surface area (Å²) in [7, 11) is 1.40. The molecular weight excluding hydrogens is 256 g/mol. The molecule has 1 rings (SSSR count). The molecule has 1 N–H and O–H groups in total. The quantitative estimate of drug-likeness (QED) is 0.831. The summed E-state index contributed by atoms with van der Waals surface area (Å²) < 4.78 is 27.0. The van der Waals surface area contributed by atoms with Crippen LogP contribution in [0.1, 0.15) is 5.56 Å². The fourth-order valence-corrected chi connectivity index (χ4v) is 2.32. The zero-order valence-electron chi connectivity index (χ0n) is 8.31. The van der Waals surface area contributed by atoms with E-state index in [2.05, 4.69) is 0 Å². The SMILES string of the molecule is Cc1cc(OCC(=O)O)ccc1S(=O)(=O)Cl. The number of rotatable bonds is 4. The van der Waals surface area contributed by atoms with E-state index in [1.54, 1.807) is 6.92 Å². The van der Waals surface area contributed by atoms with Crippen molar-refractivity contribution in [1.29, 1.82) is 0 Å². The normalized spacial score (nSPS) is 11.1. The second-order valence-corrected chi connectivity index (χ2v) is 5.58. The third-order valence-electron chi connectivity index (χ3n) is 1.77. The molecule has 1 aromatic carbocycles. The van der Waals surface area contributed by atoms with Crippen molar-refractivity contribution in [3.8, 4) is 5.75 Å². The van der Waals surface area contributed by atoms with Crippen LogP contribution in [0.3, 0.4) is 0 Å². The maximum atomic E-state index is 11.1. The summed E-state index contributed by atoms with van der Waals surface area (Å²) in [6, 6.07) is 4.04. The number of benzene rings is 1. The average molecular weight is 265 g/mol. The molecule has 0 radical (unpaired) electrons. The summed E-state index contributed by atoms with van der Waals surface area (Å²) >= 11 is 0. The van der Waals surface area contributed by atoms with Crippen molar-refractivity contribution in [2.24, 2.45) is 0 Å². The minimum Gasteiger partial charge on any atom is -0.482 e. The number of halogens is 1. The molecule has 0 bridgehead atoms. The van der Waals surface area contributed by atoms with Crippen LogP contribution >= 0.6 is 10.7 Å². The number of hydrogen-bond donors (Lipinski definition) is 1. The van der Waals surface area contributed by atoms with Crippen LogP contribution < -0.4 is 4.74 Å². The molecule has 0 fully saturated rings. The summed E-state index contributed by atoms with van der Waals surface area (Å²) in [5.41, 5.74) is 0.401. The Labute approximate surface area is 97.0 Å². The van der Waals surface area contributed by atoms with Crippen LogP contribution in [0.5, 0.6) is 5.75 Å². The van der Waals surface area contributed by atoms with Crippen molar-refractivity contribution in [2.75, 3.05) is 6.61 Å². The Balaban J connectivity index is 2.96. The molecule has 88 valence electrons. The van der Waals surface area contributed by atoms with E-state index in [1.807, 2.05) is 0 Å².